The van der Waals surface area contributed by atoms with Crippen molar-refractivity contribution in [2.24, 2.45) is 16.8 Å². The number of nitrogens with zero attached hydrogens (tertiary/aromatic N) is 1. The number of rotatable bonds is 5. The van der Waals surface area contributed by atoms with E-state index in [1.54, 1.807) is 0 Å². The van der Waals surface area contributed by atoms with Gasteiger partial charge in [-0.15, -0.1) is 0 Å². The van der Waals surface area contributed by atoms with E-state index in [1.807, 2.05) is 11.8 Å². The highest BCUT2D eigenvalue weighted by molar-refractivity contribution is 8.14. The van der Waals surface area contributed by atoms with Gasteiger partial charge >= 0.3 is 0 Å². The van der Waals surface area contributed by atoms with Crippen molar-refractivity contribution in [1.29, 1.82) is 0 Å². The van der Waals surface area contributed by atoms with Gasteiger partial charge in [-0.25, -0.2) is 0 Å². The minimum Gasteiger partial charge on any atom is -0.359 e. The maximum absolute atomic E-state index is 11.6. The largest absolute Gasteiger partial charge is 0.359 e. The number of carbonyl (C=O) groups is 1. The second kappa shape index (κ2) is 7.52. The molecular weight excluding hydrogens is 282 g/mol. The average Bonchev–Trinajstić information content (AvgIpc) is 2.84. The van der Waals surface area contributed by atoms with Crippen molar-refractivity contribution >= 4 is 22.8 Å². The van der Waals surface area contributed by atoms with Crippen molar-refractivity contribution in [1.82, 2.24) is 10.6 Å². The van der Waals surface area contributed by atoms with Crippen LogP contribution >= 0.6 is 11.8 Å². The molecule has 2 N–H and O–H groups in total. The lowest BCUT2D eigenvalue weighted by Gasteiger charge is -2.35. The molecule has 0 bridgehead atoms. The van der Waals surface area contributed by atoms with E-state index in [9.17, 15) is 4.79 Å². The first-order chi connectivity index (χ1) is 9.99. The Bertz CT molecular complexity index is 387. The zero-order valence-electron chi connectivity index (χ0n) is 13.6. The minimum absolute atomic E-state index is 0.109. The first-order valence-corrected chi connectivity index (χ1v) is 9.20. The topological polar surface area (TPSA) is 53.5 Å². The van der Waals surface area contributed by atoms with Gasteiger partial charge in [-0.2, -0.15) is 0 Å². The van der Waals surface area contributed by atoms with E-state index in [1.165, 1.54) is 25.7 Å². The Balaban J connectivity index is 1.70. The van der Waals surface area contributed by atoms with Crippen LogP contribution in [0.25, 0.3) is 0 Å². The number of carbonyl (C=O) groups excluding carboxylic acids is 1. The molecular formula is C16H29N3OS. The van der Waals surface area contributed by atoms with E-state index in [2.05, 4.69) is 36.4 Å². The van der Waals surface area contributed by atoms with Gasteiger partial charge in [-0.3, -0.25) is 9.79 Å². The van der Waals surface area contributed by atoms with Gasteiger partial charge in [0.25, 0.3) is 0 Å². The highest BCUT2D eigenvalue weighted by Gasteiger charge is 2.39. The fourth-order valence-corrected chi connectivity index (χ4v) is 4.09. The van der Waals surface area contributed by atoms with E-state index < -0.39 is 0 Å². The van der Waals surface area contributed by atoms with Gasteiger partial charge in [0.15, 0.2) is 5.17 Å². The normalized spacial score (nSPS) is 30.9. The molecule has 1 heterocycles. The van der Waals surface area contributed by atoms with Crippen molar-refractivity contribution in [3.63, 3.8) is 0 Å². The zero-order chi connectivity index (χ0) is 15.3. The minimum atomic E-state index is 0.109. The highest BCUT2D eigenvalue weighted by Crippen LogP contribution is 2.38. The second-order valence-electron chi connectivity index (χ2n) is 7.01. The molecule has 0 aromatic heterocycles. The summed E-state index contributed by atoms with van der Waals surface area (Å²) < 4.78 is 0. The van der Waals surface area contributed by atoms with E-state index in [4.69, 9.17) is 0 Å². The Labute approximate surface area is 132 Å². The Morgan fingerprint density at radius 3 is 2.86 bits per heavy atom. The number of hydrogen-bond acceptors (Lipinski definition) is 3. The summed E-state index contributed by atoms with van der Waals surface area (Å²) in [6, 6.07) is 0. The number of hydrogen-bond donors (Lipinski definition) is 2. The summed E-state index contributed by atoms with van der Waals surface area (Å²) in [5.74, 6) is 2.61. The zero-order valence-corrected chi connectivity index (χ0v) is 14.4. The van der Waals surface area contributed by atoms with Crippen LogP contribution in [0.4, 0.5) is 0 Å². The van der Waals surface area contributed by atoms with Gasteiger partial charge in [0, 0.05) is 24.3 Å². The number of nitrogens with one attached hydrogen (secondary N) is 2. The first kappa shape index (κ1) is 16.7. The van der Waals surface area contributed by atoms with Crippen LogP contribution in [0, 0.1) is 11.8 Å². The second-order valence-corrected chi connectivity index (χ2v) is 7.98. The molecule has 0 atom stereocenters. The van der Waals surface area contributed by atoms with E-state index in [0.717, 1.165) is 23.4 Å². The van der Waals surface area contributed by atoms with Gasteiger partial charge in [-0.1, -0.05) is 32.5 Å². The lowest BCUT2D eigenvalue weighted by molar-refractivity contribution is -0.121. The molecule has 0 radical (unpaired) electrons. The molecule has 1 aliphatic carbocycles. The molecule has 4 nitrogen and oxygen atoms in total. The van der Waals surface area contributed by atoms with Crippen molar-refractivity contribution in [3.05, 3.63) is 0 Å². The van der Waals surface area contributed by atoms with Crippen molar-refractivity contribution in [3.8, 4) is 0 Å². The smallest absolute Gasteiger partial charge is 0.221 e. The SMILES string of the molecule is CC(C)CNC(=O)CCN=C1NC2(CCC(C)CC2)CS1. The molecule has 1 amide bonds. The third-order valence-corrected chi connectivity index (χ3v) is 5.59. The van der Waals surface area contributed by atoms with Crippen LogP contribution in [-0.4, -0.2) is 35.5 Å². The summed E-state index contributed by atoms with van der Waals surface area (Å²) in [7, 11) is 0. The number of thioether (sulfide) groups is 1. The van der Waals surface area contributed by atoms with Gasteiger partial charge in [0.1, 0.15) is 0 Å². The van der Waals surface area contributed by atoms with Gasteiger partial charge < -0.3 is 10.6 Å². The maximum Gasteiger partial charge on any atom is 0.221 e. The van der Waals surface area contributed by atoms with Crippen molar-refractivity contribution in [2.75, 3.05) is 18.8 Å². The van der Waals surface area contributed by atoms with Gasteiger partial charge in [-0.05, 0) is 37.5 Å². The van der Waals surface area contributed by atoms with Crippen LogP contribution in [0.3, 0.4) is 0 Å². The monoisotopic (exact) mass is 311 g/mol. The summed E-state index contributed by atoms with van der Waals surface area (Å²) >= 11 is 1.83. The van der Waals surface area contributed by atoms with Gasteiger partial charge in [0.2, 0.25) is 5.91 Å². The summed E-state index contributed by atoms with van der Waals surface area (Å²) in [5, 5.41) is 7.61. The predicted octanol–water partition coefficient (Wildman–Crippen LogP) is 2.79. The summed E-state index contributed by atoms with van der Waals surface area (Å²) in [6.45, 7) is 7.89. The number of amidine groups is 1. The van der Waals surface area contributed by atoms with E-state index in [-0.39, 0.29) is 11.4 Å². The molecule has 1 saturated heterocycles. The first-order valence-electron chi connectivity index (χ1n) is 8.21. The predicted molar refractivity (Wildman–Crippen MR) is 90.7 cm³/mol. The molecule has 120 valence electrons. The van der Waals surface area contributed by atoms with Gasteiger partial charge in [0.05, 0.1) is 6.54 Å². The number of aliphatic imine (C=N–C) groups is 1. The van der Waals surface area contributed by atoms with Crippen LogP contribution in [0.1, 0.15) is 52.9 Å². The standard InChI is InChI=1S/C16H29N3OS/c1-12(2)10-18-14(20)6-9-17-15-19-16(11-21-15)7-4-13(3)5-8-16/h12-13H,4-11H2,1-3H3,(H,17,19)(H,18,20). The molecule has 0 aromatic rings. The summed E-state index contributed by atoms with van der Waals surface area (Å²) in [6.07, 6.45) is 5.64. The third kappa shape index (κ3) is 5.20. The molecule has 0 unspecified atom stereocenters. The van der Waals surface area contributed by atoms with E-state index in [0.29, 0.717) is 18.9 Å². The molecule has 1 spiro atoms. The molecule has 1 saturated carbocycles. The molecule has 1 aliphatic heterocycles. The number of amides is 1. The summed E-state index contributed by atoms with van der Waals surface area (Å²) in [5.41, 5.74) is 0.288. The lowest BCUT2D eigenvalue weighted by Crippen LogP contribution is -2.46. The Morgan fingerprint density at radius 2 is 2.19 bits per heavy atom. The lowest BCUT2D eigenvalue weighted by atomic mass is 9.78. The van der Waals surface area contributed by atoms with Crippen LogP contribution in [0.2, 0.25) is 0 Å². The average molecular weight is 311 g/mol. The Hall–Kier alpha value is -0.710. The third-order valence-electron chi connectivity index (χ3n) is 4.39. The van der Waals surface area contributed by atoms with Crippen LogP contribution in [0.5, 0.6) is 0 Å². The van der Waals surface area contributed by atoms with Crippen molar-refractivity contribution < 1.29 is 4.79 Å². The van der Waals surface area contributed by atoms with Crippen molar-refractivity contribution in [2.45, 2.75) is 58.4 Å². The van der Waals surface area contributed by atoms with E-state index >= 15 is 0 Å². The van der Waals surface area contributed by atoms with Crippen LogP contribution in [-0.2, 0) is 4.79 Å². The molecule has 21 heavy (non-hydrogen) atoms. The molecule has 2 rings (SSSR count). The summed E-state index contributed by atoms with van der Waals surface area (Å²) in [4.78, 5) is 16.2. The molecule has 0 aromatic carbocycles. The molecule has 2 fully saturated rings. The molecule has 5 heteroatoms. The fraction of sp³-hybridized carbons (Fsp3) is 0.875. The maximum atomic E-state index is 11.6. The Morgan fingerprint density at radius 1 is 1.48 bits per heavy atom. The fourth-order valence-electron chi connectivity index (χ4n) is 2.84. The Kier molecular flexibility index (Phi) is 5.97. The van der Waals surface area contributed by atoms with Crippen LogP contribution < -0.4 is 10.6 Å². The molecule has 2 aliphatic rings. The highest BCUT2D eigenvalue weighted by atomic mass is 32.2. The van der Waals surface area contributed by atoms with Crippen LogP contribution in [0.15, 0.2) is 4.99 Å². The quantitative estimate of drug-likeness (QED) is 0.821.